The first-order valence-electron chi connectivity index (χ1n) is 5.69. The van der Waals surface area contributed by atoms with Crippen molar-refractivity contribution in [3.63, 3.8) is 0 Å². The van der Waals surface area contributed by atoms with Crippen molar-refractivity contribution in [2.75, 3.05) is 0 Å². The topological polar surface area (TPSA) is 92.2 Å². The third-order valence-electron chi connectivity index (χ3n) is 2.73. The van der Waals surface area contributed by atoms with E-state index >= 15 is 0 Å². The monoisotopic (exact) mass is 260 g/mol. The standard InChI is InChI=1S/C13H12N2O4/c16-11-10(12(17)18)8-15(13(19)14-11)7-6-9-4-2-1-3-5-9/h1-5,8H,6-7H2,(H,17,18)(H,14,16,19). The number of nitrogens with one attached hydrogen (secondary N) is 1. The van der Waals surface area contributed by atoms with Gasteiger partial charge in [0.15, 0.2) is 0 Å². The van der Waals surface area contributed by atoms with Crippen molar-refractivity contribution < 1.29 is 9.90 Å². The lowest BCUT2D eigenvalue weighted by atomic mass is 10.1. The van der Waals surface area contributed by atoms with E-state index in [0.29, 0.717) is 13.0 Å². The molecule has 0 saturated heterocycles. The molecule has 19 heavy (non-hydrogen) atoms. The van der Waals surface area contributed by atoms with E-state index in [4.69, 9.17) is 5.11 Å². The number of hydrogen-bond acceptors (Lipinski definition) is 3. The highest BCUT2D eigenvalue weighted by Crippen LogP contribution is 2.00. The lowest BCUT2D eigenvalue weighted by Crippen LogP contribution is -2.33. The number of carboxylic acid groups (broad SMARTS) is 1. The van der Waals surface area contributed by atoms with Crippen LogP contribution in [-0.2, 0) is 13.0 Å². The lowest BCUT2D eigenvalue weighted by molar-refractivity contribution is 0.0693. The number of aromatic amines is 1. The number of hydrogen-bond donors (Lipinski definition) is 2. The lowest BCUT2D eigenvalue weighted by Gasteiger charge is -2.06. The second-order valence-electron chi connectivity index (χ2n) is 4.04. The fourth-order valence-electron chi connectivity index (χ4n) is 1.72. The number of aryl methyl sites for hydroxylation is 2. The Kier molecular flexibility index (Phi) is 3.61. The molecular weight excluding hydrogens is 248 g/mol. The zero-order valence-corrected chi connectivity index (χ0v) is 10.00. The average Bonchev–Trinajstić information content (AvgIpc) is 2.38. The van der Waals surface area contributed by atoms with Gasteiger partial charge in [-0.15, -0.1) is 0 Å². The van der Waals surface area contributed by atoms with Crippen LogP contribution in [0.2, 0.25) is 0 Å². The van der Waals surface area contributed by atoms with E-state index < -0.39 is 22.8 Å². The van der Waals surface area contributed by atoms with Crippen LogP contribution in [0.3, 0.4) is 0 Å². The number of rotatable bonds is 4. The van der Waals surface area contributed by atoms with Crippen LogP contribution in [-0.4, -0.2) is 20.6 Å². The van der Waals surface area contributed by atoms with Gasteiger partial charge in [0.2, 0.25) is 0 Å². The fourth-order valence-corrected chi connectivity index (χ4v) is 1.72. The van der Waals surface area contributed by atoms with Crippen LogP contribution in [0, 0.1) is 0 Å². The number of nitrogens with zero attached hydrogens (tertiary/aromatic N) is 1. The van der Waals surface area contributed by atoms with Gasteiger partial charge in [-0.3, -0.25) is 14.3 Å². The van der Waals surface area contributed by atoms with Gasteiger partial charge in [0.05, 0.1) is 0 Å². The molecule has 1 aromatic carbocycles. The van der Waals surface area contributed by atoms with Crippen LogP contribution in [0.25, 0.3) is 0 Å². The molecule has 0 spiro atoms. The molecule has 1 aromatic heterocycles. The van der Waals surface area contributed by atoms with Crippen molar-refractivity contribution in [3.05, 3.63) is 68.5 Å². The van der Waals surface area contributed by atoms with Crippen LogP contribution < -0.4 is 11.2 Å². The summed E-state index contributed by atoms with van der Waals surface area (Å²) in [5.41, 5.74) is -0.899. The molecule has 0 radical (unpaired) electrons. The number of aromatic carboxylic acids is 1. The van der Waals surface area contributed by atoms with E-state index in [2.05, 4.69) is 0 Å². The minimum Gasteiger partial charge on any atom is -0.477 e. The molecule has 0 atom stereocenters. The predicted octanol–water partition coefficient (Wildman–Crippen LogP) is 0.478. The van der Waals surface area contributed by atoms with Gasteiger partial charge in [0.1, 0.15) is 5.56 Å². The van der Waals surface area contributed by atoms with Gasteiger partial charge < -0.3 is 5.11 Å². The molecular formula is C13H12N2O4. The normalized spacial score (nSPS) is 10.3. The van der Waals surface area contributed by atoms with E-state index in [1.54, 1.807) is 0 Å². The van der Waals surface area contributed by atoms with E-state index in [0.717, 1.165) is 11.8 Å². The molecule has 2 rings (SSSR count). The summed E-state index contributed by atoms with van der Waals surface area (Å²) in [6, 6.07) is 9.48. The summed E-state index contributed by atoms with van der Waals surface area (Å²) in [6.45, 7) is 0.305. The number of carboxylic acids is 1. The first-order chi connectivity index (χ1) is 9.08. The molecule has 2 N–H and O–H groups in total. The Bertz CT molecular complexity index is 701. The zero-order chi connectivity index (χ0) is 13.8. The molecule has 1 heterocycles. The number of H-pyrrole nitrogens is 1. The Labute approximate surface area is 108 Å². The minimum absolute atomic E-state index is 0.305. The summed E-state index contributed by atoms with van der Waals surface area (Å²) in [6.07, 6.45) is 1.65. The molecule has 98 valence electrons. The number of benzene rings is 1. The third-order valence-corrected chi connectivity index (χ3v) is 2.73. The largest absolute Gasteiger partial charge is 0.477 e. The highest BCUT2D eigenvalue weighted by atomic mass is 16.4. The number of carbonyl (C=O) groups is 1. The van der Waals surface area contributed by atoms with Crippen molar-refractivity contribution in [3.8, 4) is 0 Å². The van der Waals surface area contributed by atoms with Gasteiger partial charge in [0, 0.05) is 12.7 Å². The Hall–Kier alpha value is -2.63. The van der Waals surface area contributed by atoms with Crippen molar-refractivity contribution in [1.29, 1.82) is 0 Å². The van der Waals surface area contributed by atoms with Crippen molar-refractivity contribution >= 4 is 5.97 Å². The van der Waals surface area contributed by atoms with Crippen molar-refractivity contribution in [1.82, 2.24) is 9.55 Å². The Balaban J connectivity index is 2.26. The van der Waals surface area contributed by atoms with Gasteiger partial charge in [-0.25, -0.2) is 9.59 Å². The zero-order valence-electron chi connectivity index (χ0n) is 10.00. The summed E-state index contributed by atoms with van der Waals surface area (Å²) >= 11 is 0. The maximum Gasteiger partial charge on any atom is 0.342 e. The van der Waals surface area contributed by atoms with Crippen molar-refractivity contribution in [2.24, 2.45) is 0 Å². The van der Waals surface area contributed by atoms with E-state index in [1.165, 1.54) is 4.57 Å². The third kappa shape index (κ3) is 2.98. The molecule has 6 heteroatoms. The predicted molar refractivity (Wildman–Crippen MR) is 68.4 cm³/mol. The molecule has 0 aliphatic carbocycles. The van der Waals surface area contributed by atoms with Crippen LogP contribution >= 0.6 is 0 Å². The molecule has 2 aromatic rings. The molecule has 0 bridgehead atoms. The van der Waals surface area contributed by atoms with Crippen LogP contribution in [0.15, 0.2) is 46.1 Å². The SMILES string of the molecule is O=C(O)c1cn(CCc2ccccc2)c(=O)[nH]c1=O. The molecule has 0 amide bonds. The molecule has 0 unspecified atom stereocenters. The maximum absolute atomic E-state index is 11.6. The van der Waals surface area contributed by atoms with E-state index in [1.807, 2.05) is 35.3 Å². The van der Waals surface area contributed by atoms with Gasteiger partial charge in [0.25, 0.3) is 5.56 Å². The molecule has 0 fully saturated rings. The quantitative estimate of drug-likeness (QED) is 0.836. The Morgan fingerprint density at radius 2 is 1.89 bits per heavy atom. The Morgan fingerprint density at radius 1 is 1.21 bits per heavy atom. The van der Waals surface area contributed by atoms with Crippen molar-refractivity contribution in [2.45, 2.75) is 13.0 Å². The van der Waals surface area contributed by atoms with Crippen LogP contribution in [0.1, 0.15) is 15.9 Å². The summed E-state index contributed by atoms with van der Waals surface area (Å²) < 4.78 is 1.19. The first kappa shape index (κ1) is 12.8. The molecule has 0 saturated carbocycles. The van der Waals surface area contributed by atoms with E-state index in [9.17, 15) is 14.4 Å². The van der Waals surface area contributed by atoms with E-state index in [-0.39, 0.29) is 0 Å². The summed E-state index contributed by atoms with van der Waals surface area (Å²) in [5.74, 6) is -1.35. The second-order valence-corrected chi connectivity index (χ2v) is 4.04. The van der Waals surface area contributed by atoms with Gasteiger partial charge in [-0.05, 0) is 12.0 Å². The highest BCUT2D eigenvalue weighted by Gasteiger charge is 2.11. The minimum atomic E-state index is -1.35. The maximum atomic E-state index is 11.6. The van der Waals surface area contributed by atoms with Gasteiger partial charge in [-0.1, -0.05) is 30.3 Å². The summed E-state index contributed by atoms with van der Waals surface area (Å²) in [5, 5.41) is 8.83. The van der Waals surface area contributed by atoms with Gasteiger partial charge >= 0.3 is 11.7 Å². The van der Waals surface area contributed by atoms with Crippen LogP contribution in [0.4, 0.5) is 0 Å². The molecule has 0 aliphatic rings. The summed E-state index contributed by atoms with van der Waals surface area (Å²) in [7, 11) is 0. The first-order valence-corrected chi connectivity index (χ1v) is 5.69. The second kappa shape index (κ2) is 5.34. The highest BCUT2D eigenvalue weighted by molar-refractivity contribution is 5.86. The molecule has 0 aliphatic heterocycles. The Morgan fingerprint density at radius 3 is 2.53 bits per heavy atom. The fraction of sp³-hybridized carbons (Fsp3) is 0.154. The molecule has 6 nitrogen and oxygen atoms in total. The van der Waals surface area contributed by atoms with Gasteiger partial charge in [-0.2, -0.15) is 0 Å². The average molecular weight is 260 g/mol. The van der Waals surface area contributed by atoms with Crippen LogP contribution in [0.5, 0.6) is 0 Å². The smallest absolute Gasteiger partial charge is 0.342 e. The summed E-state index contributed by atoms with van der Waals surface area (Å²) in [4.78, 5) is 35.6. The number of aromatic nitrogens is 2.